The third-order valence-corrected chi connectivity index (χ3v) is 5.12. The Bertz CT molecular complexity index is 660. The molecule has 0 aliphatic rings. The quantitative estimate of drug-likeness (QED) is 0.643. The molecule has 0 aliphatic carbocycles. The van der Waals surface area contributed by atoms with Gasteiger partial charge in [0.25, 0.3) is 0 Å². The molecule has 0 atom stereocenters. The standard InChI is InChI=1S/C12H9BO2Se/c14-13(15)8-5-6-12-10(7-8)9-3-1-2-4-11(9)16-12/h1-7,14-15H. The summed E-state index contributed by atoms with van der Waals surface area (Å²) in [6, 6.07) is 14.0. The van der Waals surface area contributed by atoms with E-state index in [0.29, 0.717) is 20.0 Å². The average molecular weight is 275 g/mol. The molecule has 0 saturated heterocycles. The van der Waals surface area contributed by atoms with Crippen LogP contribution in [0.4, 0.5) is 0 Å². The third-order valence-electron chi connectivity index (χ3n) is 2.70. The van der Waals surface area contributed by atoms with Gasteiger partial charge in [-0.1, -0.05) is 0 Å². The summed E-state index contributed by atoms with van der Waals surface area (Å²) in [5.41, 5.74) is 0.561. The van der Waals surface area contributed by atoms with Crippen LogP contribution in [0.2, 0.25) is 0 Å². The van der Waals surface area contributed by atoms with Crippen molar-refractivity contribution in [3.63, 3.8) is 0 Å². The molecule has 0 fully saturated rings. The van der Waals surface area contributed by atoms with Gasteiger partial charge in [-0.2, -0.15) is 0 Å². The number of hydrogen-bond donors (Lipinski definition) is 2. The Morgan fingerprint density at radius 2 is 1.62 bits per heavy atom. The molecule has 0 aliphatic heterocycles. The van der Waals surface area contributed by atoms with E-state index < -0.39 is 7.12 Å². The van der Waals surface area contributed by atoms with E-state index in [1.54, 1.807) is 6.07 Å². The van der Waals surface area contributed by atoms with Gasteiger partial charge >= 0.3 is 98.9 Å². The Kier molecular flexibility index (Phi) is 2.38. The van der Waals surface area contributed by atoms with Crippen LogP contribution in [0.5, 0.6) is 0 Å². The molecule has 3 rings (SSSR count). The predicted octanol–water partition coefficient (Wildman–Crippen LogP) is 0.730. The Morgan fingerprint density at radius 1 is 0.875 bits per heavy atom. The summed E-state index contributed by atoms with van der Waals surface area (Å²) in [5.74, 6) is 0. The van der Waals surface area contributed by atoms with Crippen molar-refractivity contribution in [1.29, 1.82) is 0 Å². The number of rotatable bonds is 1. The maximum absolute atomic E-state index is 9.16. The van der Waals surface area contributed by atoms with Crippen molar-refractivity contribution < 1.29 is 10.0 Å². The van der Waals surface area contributed by atoms with Gasteiger partial charge in [0.05, 0.1) is 0 Å². The van der Waals surface area contributed by atoms with Crippen LogP contribution in [0.15, 0.2) is 42.5 Å². The van der Waals surface area contributed by atoms with Crippen LogP contribution >= 0.6 is 0 Å². The van der Waals surface area contributed by atoms with Gasteiger partial charge in [-0.25, -0.2) is 0 Å². The van der Waals surface area contributed by atoms with Gasteiger partial charge in [0, 0.05) is 0 Å². The second-order valence-corrected chi connectivity index (χ2v) is 6.00. The molecule has 2 nitrogen and oxygen atoms in total. The van der Waals surface area contributed by atoms with Crippen LogP contribution < -0.4 is 5.46 Å². The topological polar surface area (TPSA) is 40.5 Å². The molecule has 0 radical (unpaired) electrons. The van der Waals surface area contributed by atoms with Crippen LogP contribution in [-0.4, -0.2) is 31.7 Å². The normalized spacial score (nSPS) is 11.1. The number of hydrogen-bond acceptors (Lipinski definition) is 2. The van der Waals surface area contributed by atoms with Crippen molar-refractivity contribution >= 4 is 46.4 Å². The molecule has 0 unspecified atom stereocenters. The summed E-state index contributed by atoms with van der Waals surface area (Å²) >= 11 is 0.352. The Labute approximate surface area is 99.0 Å². The fourth-order valence-corrected chi connectivity index (χ4v) is 4.18. The van der Waals surface area contributed by atoms with Gasteiger partial charge in [0.1, 0.15) is 0 Å². The van der Waals surface area contributed by atoms with Crippen LogP contribution in [0.25, 0.3) is 19.3 Å². The van der Waals surface area contributed by atoms with E-state index in [0.717, 1.165) is 5.39 Å². The minimum absolute atomic E-state index is 0.352. The maximum atomic E-state index is 9.16. The zero-order chi connectivity index (χ0) is 11.1. The third kappa shape index (κ3) is 1.51. The van der Waals surface area contributed by atoms with Crippen LogP contribution in [0, 0.1) is 0 Å². The predicted molar refractivity (Wildman–Crippen MR) is 68.2 cm³/mol. The summed E-state index contributed by atoms with van der Waals surface area (Å²) in [6.07, 6.45) is 0. The fraction of sp³-hybridized carbons (Fsp3) is 0. The molecule has 1 heterocycles. The molecule has 1 aromatic heterocycles. The molecule has 16 heavy (non-hydrogen) atoms. The van der Waals surface area contributed by atoms with E-state index in [2.05, 4.69) is 12.1 Å². The monoisotopic (exact) mass is 276 g/mol. The summed E-state index contributed by atoms with van der Waals surface area (Å²) in [4.78, 5) is 0. The molecular weight excluding hydrogens is 266 g/mol. The molecule has 78 valence electrons. The number of fused-ring (bicyclic) bond motifs is 3. The molecule has 3 aromatic rings. The second kappa shape index (κ2) is 3.76. The first-order valence-corrected chi connectivity index (χ1v) is 6.74. The van der Waals surface area contributed by atoms with Crippen LogP contribution in [-0.2, 0) is 0 Å². The van der Waals surface area contributed by atoms with Crippen molar-refractivity contribution in [2.75, 3.05) is 0 Å². The molecule has 0 saturated carbocycles. The minimum atomic E-state index is -1.38. The first kappa shape index (κ1) is 10.1. The van der Waals surface area contributed by atoms with E-state index in [9.17, 15) is 0 Å². The Morgan fingerprint density at radius 3 is 2.44 bits per heavy atom. The zero-order valence-electron chi connectivity index (χ0n) is 8.42. The molecule has 4 heteroatoms. The SMILES string of the molecule is OB(O)c1ccc2[se]c3ccccc3c2c1. The molecule has 2 aromatic carbocycles. The van der Waals surface area contributed by atoms with Gasteiger partial charge in [-0.3, -0.25) is 0 Å². The van der Waals surface area contributed by atoms with E-state index in [1.807, 2.05) is 24.3 Å². The Balaban J connectivity index is 2.40. The molecule has 0 bridgehead atoms. The van der Waals surface area contributed by atoms with Crippen molar-refractivity contribution in [2.45, 2.75) is 0 Å². The van der Waals surface area contributed by atoms with E-state index >= 15 is 0 Å². The Hall–Kier alpha value is -1.06. The van der Waals surface area contributed by atoms with Crippen molar-refractivity contribution in [1.82, 2.24) is 0 Å². The van der Waals surface area contributed by atoms with Gasteiger partial charge in [0.2, 0.25) is 0 Å². The van der Waals surface area contributed by atoms with E-state index in [-0.39, 0.29) is 0 Å². The zero-order valence-corrected chi connectivity index (χ0v) is 10.1. The fourth-order valence-electron chi connectivity index (χ4n) is 1.90. The van der Waals surface area contributed by atoms with E-state index in [1.165, 1.54) is 13.9 Å². The molecular formula is C12H9BO2Se. The summed E-state index contributed by atoms with van der Waals surface area (Å²) in [6.45, 7) is 0. The van der Waals surface area contributed by atoms with Crippen molar-refractivity contribution in [2.24, 2.45) is 0 Å². The first-order chi connectivity index (χ1) is 7.75. The molecule has 0 amide bonds. The molecule has 2 N–H and O–H groups in total. The summed E-state index contributed by atoms with van der Waals surface area (Å²) in [7, 11) is -1.38. The summed E-state index contributed by atoms with van der Waals surface area (Å²) in [5, 5.41) is 20.7. The first-order valence-electron chi connectivity index (χ1n) is 5.03. The van der Waals surface area contributed by atoms with Gasteiger partial charge in [-0.05, 0) is 0 Å². The molecule has 0 spiro atoms. The van der Waals surface area contributed by atoms with Gasteiger partial charge in [-0.15, -0.1) is 0 Å². The summed E-state index contributed by atoms with van der Waals surface area (Å²) < 4.78 is 2.69. The van der Waals surface area contributed by atoms with E-state index in [4.69, 9.17) is 10.0 Å². The van der Waals surface area contributed by atoms with Crippen molar-refractivity contribution in [3.05, 3.63) is 42.5 Å². The van der Waals surface area contributed by atoms with Crippen molar-refractivity contribution in [3.8, 4) is 0 Å². The van der Waals surface area contributed by atoms with Gasteiger partial charge in [0.15, 0.2) is 0 Å². The van der Waals surface area contributed by atoms with Gasteiger partial charge < -0.3 is 0 Å². The second-order valence-electron chi connectivity index (χ2n) is 3.73. The van der Waals surface area contributed by atoms with Crippen LogP contribution in [0.3, 0.4) is 0 Å². The van der Waals surface area contributed by atoms with Crippen LogP contribution in [0.1, 0.15) is 0 Å². The average Bonchev–Trinajstić information content (AvgIpc) is 2.66. The number of benzene rings is 2.